The zero-order valence-corrected chi connectivity index (χ0v) is 12.3. The number of aromatic nitrogens is 1. The third-order valence-corrected chi connectivity index (χ3v) is 3.99. The van der Waals surface area contributed by atoms with Gasteiger partial charge in [-0.25, -0.2) is 4.98 Å². The van der Waals surface area contributed by atoms with Crippen LogP contribution in [0.1, 0.15) is 23.6 Å². The number of nitrogens with zero attached hydrogens (tertiary/aromatic N) is 1. The van der Waals surface area contributed by atoms with Crippen molar-refractivity contribution in [2.75, 3.05) is 6.54 Å². The van der Waals surface area contributed by atoms with Gasteiger partial charge in [-0.05, 0) is 30.7 Å². The molecule has 0 fully saturated rings. The Kier molecular flexibility index (Phi) is 5.43. The Morgan fingerprint density at radius 1 is 1.21 bits per heavy atom. The summed E-state index contributed by atoms with van der Waals surface area (Å²) in [6.45, 7) is 6.12. The van der Waals surface area contributed by atoms with Gasteiger partial charge in [0.1, 0.15) is 5.03 Å². The maximum absolute atomic E-state index is 4.49. The first kappa shape index (κ1) is 14.1. The molecule has 0 atom stereocenters. The van der Waals surface area contributed by atoms with Crippen LogP contribution >= 0.6 is 11.8 Å². The van der Waals surface area contributed by atoms with E-state index in [-0.39, 0.29) is 0 Å². The molecule has 1 heterocycles. The Morgan fingerprint density at radius 3 is 2.89 bits per heavy atom. The molecule has 2 rings (SSSR count). The smallest absolute Gasteiger partial charge is 0.101 e. The fourth-order valence-electron chi connectivity index (χ4n) is 1.90. The van der Waals surface area contributed by atoms with Gasteiger partial charge in [0.2, 0.25) is 0 Å². The number of nitrogens with one attached hydrogen (secondary N) is 1. The summed E-state index contributed by atoms with van der Waals surface area (Å²) in [5.74, 6) is 0.970. The van der Waals surface area contributed by atoms with Gasteiger partial charge in [0.15, 0.2) is 0 Å². The van der Waals surface area contributed by atoms with Crippen LogP contribution in [0, 0.1) is 6.92 Å². The van der Waals surface area contributed by atoms with Gasteiger partial charge in [-0.2, -0.15) is 0 Å². The van der Waals surface area contributed by atoms with E-state index in [0.717, 1.165) is 23.9 Å². The fraction of sp³-hybridized carbons (Fsp3) is 0.312. The number of aryl methyl sites for hydroxylation is 1. The molecule has 0 aliphatic rings. The van der Waals surface area contributed by atoms with Crippen LogP contribution in [0.3, 0.4) is 0 Å². The number of benzene rings is 1. The highest BCUT2D eigenvalue weighted by Crippen LogP contribution is 2.24. The summed E-state index contributed by atoms with van der Waals surface area (Å²) in [6.07, 6.45) is 1.87. The number of hydrogen-bond acceptors (Lipinski definition) is 3. The predicted octanol–water partition coefficient (Wildman–Crippen LogP) is 3.79. The summed E-state index contributed by atoms with van der Waals surface area (Å²) in [4.78, 5) is 4.49. The molecular formula is C16H20N2S. The molecule has 1 N–H and O–H groups in total. The molecule has 0 saturated carbocycles. The Bertz CT molecular complexity index is 526. The van der Waals surface area contributed by atoms with Gasteiger partial charge in [0.05, 0.1) is 0 Å². The first-order valence-corrected chi connectivity index (χ1v) is 7.61. The van der Waals surface area contributed by atoms with Gasteiger partial charge in [-0.3, -0.25) is 0 Å². The molecule has 19 heavy (non-hydrogen) atoms. The molecule has 0 radical (unpaired) electrons. The van der Waals surface area contributed by atoms with E-state index in [1.54, 1.807) is 0 Å². The third kappa shape index (κ3) is 4.37. The second kappa shape index (κ2) is 7.31. The summed E-state index contributed by atoms with van der Waals surface area (Å²) in [7, 11) is 0. The summed E-state index contributed by atoms with van der Waals surface area (Å²) in [6, 6.07) is 12.8. The highest BCUT2D eigenvalue weighted by Gasteiger charge is 2.04. The van der Waals surface area contributed by atoms with Crippen molar-refractivity contribution in [1.82, 2.24) is 10.3 Å². The average molecular weight is 272 g/mol. The minimum absolute atomic E-state index is 0.889. The minimum atomic E-state index is 0.889. The van der Waals surface area contributed by atoms with Gasteiger partial charge in [-0.15, -0.1) is 11.8 Å². The highest BCUT2D eigenvalue weighted by molar-refractivity contribution is 7.98. The lowest BCUT2D eigenvalue weighted by Gasteiger charge is -2.08. The summed E-state index contributed by atoms with van der Waals surface area (Å²) in [5.41, 5.74) is 3.94. The molecule has 0 unspecified atom stereocenters. The van der Waals surface area contributed by atoms with Crippen LogP contribution in [0.15, 0.2) is 47.6 Å². The first-order chi connectivity index (χ1) is 9.29. The first-order valence-electron chi connectivity index (χ1n) is 6.62. The van der Waals surface area contributed by atoms with Crippen molar-refractivity contribution < 1.29 is 0 Å². The predicted molar refractivity (Wildman–Crippen MR) is 82.4 cm³/mol. The molecule has 0 amide bonds. The van der Waals surface area contributed by atoms with Crippen molar-refractivity contribution in [1.29, 1.82) is 0 Å². The molecule has 0 spiro atoms. The summed E-state index contributed by atoms with van der Waals surface area (Å²) >= 11 is 1.81. The lowest BCUT2D eigenvalue weighted by Crippen LogP contribution is -2.12. The van der Waals surface area contributed by atoms with E-state index < -0.39 is 0 Å². The molecule has 2 aromatic rings. The Balaban J connectivity index is 2.02. The van der Waals surface area contributed by atoms with Crippen LogP contribution in [0.2, 0.25) is 0 Å². The van der Waals surface area contributed by atoms with Crippen molar-refractivity contribution in [3.63, 3.8) is 0 Å². The van der Waals surface area contributed by atoms with Crippen LogP contribution in [-0.4, -0.2) is 11.5 Å². The molecule has 3 heteroatoms. The topological polar surface area (TPSA) is 24.9 Å². The maximum atomic E-state index is 4.49. The zero-order valence-electron chi connectivity index (χ0n) is 11.5. The third-order valence-electron chi connectivity index (χ3n) is 2.87. The molecule has 1 aromatic heterocycles. The molecule has 100 valence electrons. The van der Waals surface area contributed by atoms with Gasteiger partial charge in [0, 0.05) is 18.5 Å². The van der Waals surface area contributed by atoms with Crippen LogP contribution in [0.5, 0.6) is 0 Å². The van der Waals surface area contributed by atoms with E-state index >= 15 is 0 Å². The van der Waals surface area contributed by atoms with E-state index in [2.05, 4.69) is 54.5 Å². The van der Waals surface area contributed by atoms with Crippen molar-refractivity contribution in [2.45, 2.75) is 31.2 Å². The van der Waals surface area contributed by atoms with Gasteiger partial charge in [-0.1, -0.05) is 42.8 Å². The van der Waals surface area contributed by atoms with Gasteiger partial charge >= 0.3 is 0 Å². The SMILES string of the molecule is CCNCc1cccnc1SCc1cccc(C)c1. The minimum Gasteiger partial charge on any atom is -0.313 e. The van der Waals surface area contributed by atoms with Crippen molar-refractivity contribution in [3.8, 4) is 0 Å². The Morgan fingerprint density at radius 2 is 2.11 bits per heavy atom. The van der Waals surface area contributed by atoms with Gasteiger partial charge in [0.25, 0.3) is 0 Å². The number of thioether (sulfide) groups is 1. The molecule has 0 saturated heterocycles. The molecule has 2 nitrogen and oxygen atoms in total. The quantitative estimate of drug-likeness (QED) is 0.810. The second-order valence-electron chi connectivity index (χ2n) is 4.53. The monoisotopic (exact) mass is 272 g/mol. The van der Waals surface area contributed by atoms with Crippen molar-refractivity contribution >= 4 is 11.8 Å². The number of rotatable bonds is 6. The molecular weight excluding hydrogens is 252 g/mol. The zero-order chi connectivity index (χ0) is 13.5. The molecule has 0 aliphatic carbocycles. The standard InChI is InChI=1S/C16H20N2S/c1-3-17-11-15-8-5-9-18-16(15)19-12-14-7-4-6-13(2)10-14/h4-10,17H,3,11-12H2,1-2H3. The molecule has 0 aliphatic heterocycles. The summed E-state index contributed by atoms with van der Waals surface area (Å²) in [5, 5.41) is 4.49. The van der Waals surface area contributed by atoms with E-state index in [1.165, 1.54) is 16.7 Å². The van der Waals surface area contributed by atoms with E-state index in [9.17, 15) is 0 Å². The molecule has 0 bridgehead atoms. The average Bonchev–Trinajstić information content (AvgIpc) is 2.44. The second-order valence-corrected chi connectivity index (χ2v) is 5.49. The molecule has 1 aromatic carbocycles. The number of pyridine rings is 1. The van der Waals surface area contributed by atoms with Crippen LogP contribution in [0.25, 0.3) is 0 Å². The van der Waals surface area contributed by atoms with Crippen LogP contribution in [0.4, 0.5) is 0 Å². The summed E-state index contributed by atoms with van der Waals surface area (Å²) < 4.78 is 0. The normalized spacial score (nSPS) is 10.6. The largest absolute Gasteiger partial charge is 0.313 e. The van der Waals surface area contributed by atoms with Crippen LogP contribution in [-0.2, 0) is 12.3 Å². The van der Waals surface area contributed by atoms with Crippen molar-refractivity contribution in [3.05, 3.63) is 59.3 Å². The number of hydrogen-bond donors (Lipinski definition) is 1. The lowest BCUT2D eigenvalue weighted by atomic mass is 10.2. The van der Waals surface area contributed by atoms with E-state index in [4.69, 9.17) is 0 Å². The van der Waals surface area contributed by atoms with E-state index in [0.29, 0.717) is 0 Å². The Hall–Kier alpha value is -1.32. The van der Waals surface area contributed by atoms with Crippen molar-refractivity contribution in [2.24, 2.45) is 0 Å². The Labute approximate surface area is 119 Å². The lowest BCUT2D eigenvalue weighted by molar-refractivity contribution is 0.711. The highest BCUT2D eigenvalue weighted by atomic mass is 32.2. The van der Waals surface area contributed by atoms with Gasteiger partial charge < -0.3 is 5.32 Å². The maximum Gasteiger partial charge on any atom is 0.101 e. The van der Waals surface area contributed by atoms with E-state index in [1.807, 2.05) is 24.0 Å². The van der Waals surface area contributed by atoms with Crippen LogP contribution < -0.4 is 5.32 Å². The fourth-order valence-corrected chi connectivity index (χ4v) is 2.85.